The molecule has 19 heavy (non-hydrogen) atoms. The molecule has 4 heteroatoms. The van der Waals surface area contributed by atoms with Gasteiger partial charge in [0.15, 0.2) is 5.60 Å². The van der Waals surface area contributed by atoms with Crippen LogP contribution in [0.25, 0.3) is 0 Å². The van der Waals surface area contributed by atoms with Crippen molar-refractivity contribution in [3.63, 3.8) is 0 Å². The lowest BCUT2D eigenvalue weighted by molar-refractivity contribution is -0.235. The van der Waals surface area contributed by atoms with E-state index in [0.29, 0.717) is 5.57 Å². The normalized spacial score (nSPS) is 18.9. The number of hydrogen-bond acceptors (Lipinski definition) is 1. The Kier molecular flexibility index (Phi) is 6.30. The monoisotopic (exact) mass is 274 g/mol. The Hall–Kier alpha value is -1.29. The third-order valence-corrected chi connectivity index (χ3v) is 2.96. The highest BCUT2D eigenvalue weighted by Crippen LogP contribution is 2.37. The van der Waals surface area contributed by atoms with Gasteiger partial charge in [-0.15, -0.1) is 0 Å². The van der Waals surface area contributed by atoms with E-state index in [1.807, 2.05) is 19.1 Å². The van der Waals surface area contributed by atoms with E-state index in [-0.39, 0.29) is 5.57 Å². The third kappa shape index (κ3) is 4.71. The van der Waals surface area contributed by atoms with Gasteiger partial charge in [-0.2, -0.15) is 13.2 Å². The maximum Gasteiger partial charge on any atom is 0.421 e. The number of alkyl halides is 3. The topological polar surface area (TPSA) is 20.2 Å². The van der Waals surface area contributed by atoms with E-state index in [9.17, 15) is 18.3 Å². The van der Waals surface area contributed by atoms with Gasteiger partial charge in [0.05, 0.1) is 0 Å². The van der Waals surface area contributed by atoms with Gasteiger partial charge in [-0.05, 0) is 51.3 Å². The van der Waals surface area contributed by atoms with Crippen LogP contribution in [0.1, 0.15) is 34.6 Å². The summed E-state index contributed by atoms with van der Waals surface area (Å²) in [6, 6.07) is 0. The zero-order chi connectivity index (χ0) is 15.3. The minimum Gasteiger partial charge on any atom is -0.376 e. The van der Waals surface area contributed by atoms with E-state index < -0.39 is 11.8 Å². The lowest BCUT2D eigenvalue weighted by Gasteiger charge is -2.28. The molecule has 0 aliphatic heterocycles. The van der Waals surface area contributed by atoms with Gasteiger partial charge in [0.2, 0.25) is 0 Å². The van der Waals surface area contributed by atoms with Gasteiger partial charge < -0.3 is 5.11 Å². The van der Waals surface area contributed by atoms with Gasteiger partial charge in [0.25, 0.3) is 0 Å². The van der Waals surface area contributed by atoms with Crippen molar-refractivity contribution in [1.29, 1.82) is 0 Å². The largest absolute Gasteiger partial charge is 0.421 e. The van der Waals surface area contributed by atoms with E-state index in [0.717, 1.165) is 12.5 Å². The molecule has 108 valence electrons. The minimum absolute atomic E-state index is 0.161. The molecule has 0 heterocycles. The van der Waals surface area contributed by atoms with Crippen molar-refractivity contribution in [1.82, 2.24) is 0 Å². The molecule has 0 rings (SSSR count). The molecule has 0 aromatic heterocycles. The first kappa shape index (κ1) is 17.7. The Labute approximate surface area is 112 Å². The second-order valence-electron chi connectivity index (χ2n) is 4.52. The van der Waals surface area contributed by atoms with E-state index in [1.54, 1.807) is 19.9 Å². The van der Waals surface area contributed by atoms with Crippen molar-refractivity contribution in [3.05, 3.63) is 47.1 Å². The summed E-state index contributed by atoms with van der Waals surface area (Å²) in [5.41, 5.74) is -1.49. The Bertz CT molecular complexity index is 421. The first-order chi connectivity index (χ1) is 8.57. The Morgan fingerprint density at radius 3 is 1.95 bits per heavy atom. The van der Waals surface area contributed by atoms with Gasteiger partial charge >= 0.3 is 6.18 Å². The molecule has 0 bridgehead atoms. The molecule has 1 nitrogen and oxygen atoms in total. The van der Waals surface area contributed by atoms with Crippen LogP contribution in [0.4, 0.5) is 13.2 Å². The molecule has 1 atom stereocenters. The van der Waals surface area contributed by atoms with Gasteiger partial charge in [-0.1, -0.05) is 30.4 Å². The molecule has 0 spiro atoms. The zero-order valence-corrected chi connectivity index (χ0v) is 12.0. The van der Waals surface area contributed by atoms with Gasteiger partial charge in [-0.25, -0.2) is 0 Å². The van der Waals surface area contributed by atoms with E-state index >= 15 is 0 Å². The highest BCUT2D eigenvalue weighted by atomic mass is 19.4. The maximum atomic E-state index is 12.8. The smallest absolute Gasteiger partial charge is 0.376 e. The summed E-state index contributed by atoms with van der Waals surface area (Å²) >= 11 is 0. The molecular weight excluding hydrogens is 253 g/mol. The van der Waals surface area contributed by atoms with Crippen molar-refractivity contribution >= 4 is 0 Å². The fourth-order valence-electron chi connectivity index (χ4n) is 1.39. The summed E-state index contributed by atoms with van der Waals surface area (Å²) in [5.74, 6) is 0. The Morgan fingerprint density at radius 2 is 1.58 bits per heavy atom. The predicted octanol–water partition coefficient (Wildman–Crippen LogP) is 4.71. The molecule has 0 aliphatic rings. The third-order valence-electron chi connectivity index (χ3n) is 2.96. The summed E-state index contributed by atoms with van der Waals surface area (Å²) in [6.45, 7) is 7.61. The zero-order valence-electron chi connectivity index (χ0n) is 12.0. The van der Waals surface area contributed by atoms with Crippen molar-refractivity contribution in [3.8, 4) is 0 Å². The number of allylic oxidation sites excluding steroid dienone is 6. The highest BCUT2D eigenvalue weighted by molar-refractivity contribution is 5.40. The molecule has 1 N–H and O–H groups in total. The van der Waals surface area contributed by atoms with Crippen LogP contribution >= 0.6 is 0 Å². The predicted molar refractivity (Wildman–Crippen MR) is 72.8 cm³/mol. The average Bonchev–Trinajstić information content (AvgIpc) is 2.30. The first-order valence-corrected chi connectivity index (χ1v) is 6.02. The Morgan fingerprint density at radius 1 is 1.05 bits per heavy atom. The summed E-state index contributed by atoms with van der Waals surface area (Å²) in [5, 5.41) is 9.65. The SMILES string of the molecule is CC=CC=C(C)C(C)=CC(=CC)C(C)(O)C(F)(F)F. The van der Waals surface area contributed by atoms with Crippen molar-refractivity contribution < 1.29 is 18.3 Å². The van der Waals surface area contributed by atoms with Crippen LogP contribution in [-0.2, 0) is 0 Å². The van der Waals surface area contributed by atoms with Crippen LogP contribution in [0.5, 0.6) is 0 Å². The van der Waals surface area contributed by atoms with Crippen molar-refractivity contribution in [2.75, 3.05) is 0 Å². The van der Waals surface area contributed by atoms with Crippen LogP contribution in [0.2, 0.25) is 0 Å². The first-order valence-electron chi connectivity index (χ1n) is 6.02. The number of halogens is 3. The molecular formula is C15H21F3O. The number of rotatable bonds is 4. The fraction of sp³-hybridized carbons (Fsp3) is 0.467. The standard InChI is InChI=1S/C15H21F3O/c1-6-8-9-11(3)12(4)10-13(7-2)14(5,19)15(16,17)18/h6-10,19H,1-5H3. The summed E-state index contributed by atoms with van der Waals surface area (Å²) in [6.07, 6.45) is 3.39. The Balaban J connectivity index is 5.45. The quantitative estimate of drug-likeness (QED) is 0.736. The van der Waals surface area contributed by atoms with Crippen LogP contribution in [0.15, 0.2) is 47.1 Å². The molecule has 1 unspecified atom stereocenters. The number of aliphatic hydroxyl groups is 1. The second kappa shape index (κ2) is 6.75. The molecule has 0 radical (unpaired) electrons. The van der Waals surface area contributed by atoms with Gasteiger partial charge in [-0.3, -0.25) is 0 Å². The summed E-state index contributed by atoms with van der Waals surface area (Å²) < 4.78 is 38.3. The second-order valence-corrected chi connectivity index (χ2v) is 4.52. The maximum absolute atomic E-state index is 12.8. The highest BCUT2D eigenvalue weighted by Gasteiger charge is 2.51. The lowest BCUT2D eigenvalue weighted by atomic mass is 9.92. The molecule has 0 fully saturated rings. The van der Waals surface area contributed by atoms with Crippen LogP contribution in [-0.4, -0.2) is 16.9 Å². The molecule has 0 saturated carbocycles. The van der Waals surface area contributed by atoms with E-state index in [2.05, 4.69) is 0 Å². The summed E-state index contributed by atoms with van der Waals surface area (Å²) in [7, 11) is 0. The minimum atomic E-state index is -4.70. The van der Waals surface area contributed by atoms with Gasteiger partial charge in [0, 0.05) is 0 Å². The lowest BCUT2D eigenvalue weighted by Crippen LogP contribution is -2.43. The van der Waals surface area contributed by atoms with Crippen molar-refractivity contribution in [2.45, 2.75) is 46.4 Å². The average molecular weight is 274 g/mol. The van der Waals surface area contributed by atoms with Crippen LogP contribution in [0, 0.1) is 0 Å². The molecule has 0 aromatic rings. The molecule has 0 aliphatic carbocycles. The van der Waals surface area contributed by atoms with E-state index in [4.69, 9.17) is 0 Å². The molecule has 0 amide bonds. The molecule has 0 aromatic carbocycles. The van der Waals surface area contributed by atoms with Crippen molar-refractivity contribution in [2.24, 2.45) is 0 Å². The summed E-state index contributed by atoms with van der Waals surface area (Å²) in [4.78, 5) is 0. The van der Waals surface area contributed by atoms with Gasteiger partial charge in [0.1, 0.15) is 0 Å². The van der Waals surface area contributed by atoms with E-state index in [1.165, 1.54) is 19.1 Å². The fourth-order valence-corrected chi connectivity index (χ4v) is 1.39. The molecule has 0 saturated heterocycles. The van der Waals surface area contributed by atoms with Crippen LogP contribution < -0.4 is 0 Å². The van der Waals surface area contributed by atoms with Crippen LogP contribution in [0.3, 0.4) is 0 Å². The number of hydrogen-bond donors (Lipinski definition) is 1.